The van der Waals surface area contributed by atoms with Crippen LogP contribution in [0.4, 0.5) is 0 Å². The van der Waals surface area contributed by atoms with Crippen LogP contribution in [0.2, 0.25) is 0 Å². The topological polar surface area (TPSA) is 77.4 Å². The van der Waals surface area contributed by atoms with Crippen LogP contribution >= 0.6 is 0 Å². The van der Waals surface area contributed by atoms with Gasteiger partial charge in [-0.3, -0.25) is 4.98 Å². The minimum atomic E-state index is -0.944. The van der Waals surface area contributed by atoms with Crippen molar-refractivity contribution in [1.29, 1.82) is 0 Å². The Hall–Kier alpha value is -2.21. The highest BCUT2D eigenvalue weighted by atomic mass is 16.5. The van der Waals surface area contributed by atoms with Crippen molar-refractivity contribution in [3.63, 3.8) is 0 Å². The van der Waals surface area contributed by atoms with Gasteiger partial charge in [0.2, 0.25) is 11.8 Å². The first-order chi connectivity index (χ1) is 9.15. The van der Waals surface area contributed by atoms with Crippen LogP contribution in [0.5, 0.6) is 11.8 Å². The first-order valence-corrected chi connectivity index (χ1v) is 5.70. The normalized spacial score (nSPS) is 12.0. The lowest BCUT2D eigenvalue weighted by atomic mass is 10.1. The molecule has 0 aromatic carbocycles. The van der Waals surface area contributed by atoms with Gasteiger partial charge in [-0.05, 0) is 12.5 Å². The van der Waals surface area contributed by atoms with E-state index in [2.05, 4.69) is 15.0 Å². The Morgan fingerprint density at radius 3 is 2.58 bits per heavy atom. The largest absolute Gasteiger partial charge is 0.480 e. The Kier molecular flexibility index (Phi) is 3.91. The molecule has 100 valence electrons. The van der Waals surface area contributed by atoms with Crippen LogP contribution in [0.25, 0.3) is 0 Å². The van der Waals surface area contributed by atoms with E-state index in [0.29, 0.717) is 17.1 Å². The molecular weight excluding hydrogens is 246 g/mol. The molecule has 0 saturated heterocycles. The van der Waals surface area contributed by atoms with Gasteiger partial charge in [0, 0.05) is 18.0 Å². The summed E-state index contributed by atoms with van der Waals surface area (Å²) in [6.07, 6.45) is 3.79. The number of aromatic nitrogens is 3. The summed E-state index contributed by atoms with van der Waals surface area (Å²) in [6, 6.07) is 1.84. The number of nitrogens with zero attached hydrogens (tertiary/aromatic N) is 3. The van der Waals surface area contributed by atoms with Crippen molar-refractivity contribution in [2.75, 3.05) is 14.2 Å². The minimum Gasteiger partial charge on any atom is -0.480 e. The number of pyridine rings is 1. The van der Waals surface area contributed by atoms with E-state index in [0.717, 1.165) is 5.56 Å². The molecule has 1 atom stereocenters. The summed E-state index contributed by atoms with van der Waals surface area (Å²) in [4.78, 5) is 12.3. The zero-order valence-electron chi connectivity index (χ0n) is 11.0. The Labute approximate surface area is 111 Å². The first-order valence-electron chi connectivity index (χ1n) is 5.70. The van der Waals surface area contributed by atoms with Crippen molar-refractivity contribution < 1.29 is 14.6 Å². The van der Waals surface area contributed by atoms with Crippen molar-refractivity contribution in [1.82, 2.24) is 15.0 Å². The Morgan fingerprint density at radius 1 is 1.16 bits per heavy atom. The number of rotatable bonds is 4. The maximum absolute atomic E-state index is 10.3. The predicted molar refractivity (Wildman–Crippen MR) is 68.2 cm³/mol. The average molecular weight is 261 g/mol. The number of hydrogen-bond acceptors (Lipinski definition) is 6. The third kappa shape index (κ3) is 2.79. The highest BCUT2D eigenvalue weighted by Gasteiger charge is 2.19. The first kappa shape index (κ1) is 13.2. The Balaban J connectivity index is 2.40. The zero-order valence-corrected chi connectivity index (χ0v) is 11.0. The molecule has 0 aliphatic heterocycles. The summed E-state index contributed by atoms with van der Waals surface area (Å²) >= 11 is 0. The van der Waals surface area contributed by atoms with E-state index in [1.54, 1.807) is 12.4 Å². The van der Waals surface area contributed by atoms with Crippen LogP contribution in [0.15, 0.2) is 24.7 Å². The number of aryl methyl sites for hydroxylation is 1. The van der Waals surface area contributed by atoms with Gasteiger partial charge in [-0.25, -0.2) is 4.98 Å². The number of aliphatic hydroxyl groups is 1. The van der Waals surface area contributed by atoms with Gasteiger partial charge >= 0.3 is 0 Å². The minimum absolute atomic E-state index is 0.230. The van der Waals surface area contributed by atoms with Crippen LogP contribution in [-0.2, 0) is 0 Å². The van der Waals surface area contributed by atoms with Gasteiger partial charge in [0.05, 0.1) is 20.4 Å². The molecule has 19 heavy (non-hydrogen) atoms. The standard InChI is InChI=1S/C13H15N3O3/c1-8-4-9(6-14-5-8)12(17)11-13(19-3)16-10(18-2)7-15-11/h4-7,12,17H,1-3H3. The van der Waals surface area contributed by atoms with E-state index >= 15 is 0 Å². The lowest BCUT2D eigenvalue weighted by Crippen LogP contribution is -2.08. The lowest BCUT2D eigenvalue weighted by Gasteiger charge is -2.13. The molecular formula is C13H15N3O3. The van der Waals surface area contributed by atoms with Crippen molar-refractivity contribution in [2.24, 2.45) is 0 Å². The molecule has 2 aromatic heterocycles. The van der Waals surface area contributed by atoms with Gasteiger partial charge in [0.1, 0.15) is 11.8 Å². The molecule has 0 spiro atoms. The van der Waals surface area contributed by atoms with Gasteiger partial charge in [-0.15, -0.1) is 0 Å². The summed E-state index contributed by atoms with van der Waals surface area (Å²) in [5.74, 6) is 0.559. The average Bonchev–Trinajstić information content (AvgIpc) is 2.45. The fourth-order valence-electron chi connectivity index (χ4n) is 1.69. The number of aliphatic hydroxyl groups excluding tert-OH is 1. The molecule has 2 aromatic rings. The monoisotopic (exact) mass is 261 g/mol. The molecule has 0 aliphatic carbocycles. The van der Waals surface area contributed by atoms with E-state index in [1.807, 2.05) is 13.0 Å². The second kappa shape index (κ2) is 5.62. The summed E-state index contributed by atoms with van der Waals surface area (Å²) < 4.78 is 10.1. The molecule has 0 fully saturated rings. The van der Waals surface area contributed by atoms with Crippen molar-refractivity contribution >= 4 is 0 Å². The fraction of sp³-hybridized carbons (Fsp3) is 0.308. The highest BCUT2D eigenvalue weighted by Crippen LogP contribution is 2.27. The Bertz CT molecular complexity index is 575. The SMILES string of the molecule is COc1cnc(C(O)c2cncc(C)c2)c(OC)n1. The summed E-state index contributed by atoms with van der Waals surface area (Å²) in [5, 5.41) is 10.3. The van der Waals surface area contributed by atoms with Gasteiger partial charge in [-0.2, -0.15) is 4.98 Å². The molecule has 1 unspecified atom stereocenters. The van der Waals surface area contributed by atoms with Crippen LogP contribution in [0.1, 0.15) is 22.9 Å². The van der Waals surface area contributed by atoms with Crippen molar-refractivity contribution in [3.05, 3.63) is 41.5 Å². The van der Waals surface area contributed by atoms with Crippen LogP contribution < -0.4 is 9.47 Å². The van der Waals surface area contributed by atoms with Crippen LogP contribution in [0.3, 0.4) is 0 Å². The molecule has 2 rings (SSSR count). The second-order valence-electron chi connectivity index (χ2n) is 4.01. The van der Waals surface area contributed by atoms with Crippen molar-refractivity contribution in [3.8, 4) is 11.8 Å². The number of ether oxygens (including phenoxy) is 2. The maximum Gasteiger partial charge on any atom is 0.241 e. The Morgan fingerprint density at radius 2 is 1.95 bits per heavy atom. The molecule has 0 bridgehead atoms. The van der Waals surface area contributed by atoms with Crippen LogP contribution in [0, 0.1) is 6.92 Å². The molecule has 2 heterocycles. The van der Waals surface area contributed by atoms with E-state index < -0.39 is 6.10 Å². The lowest BCUT2D eigenvalue weighted by molar-refractivity contribution is 0.206. The highest BCUT2D eigenvalue weighted by molar-refractivity contribution is 5.32. The fourth-order valence-corrected chi connectivity index (χ4v) is 1.69. The molecule has 6 nitrogen and oxygen atoms in total. The number of methoxy groups -OCH3 is 2. The number of hydrogen-bond donors (Lipinski definition) is 1. The molecule has 6 heteroatoms. The third-order valence-corrected chi connectivity index (χ3v) is 2.62. The van der Waals surface area contributed by atoms with Crippen LogP contribution in [-0.4, -0.2) is 34.3 Å². The third-order valence-electron chi connectivity index (χ3n) is 2.62. The quantitative estimate of drug-likeness (QED) is 0.893. The van der Waals surface area contributed by atoms with E-state index in [9.17, 15) is 5.11 Å². The zero-order chi connectivity index (χ0) is 13.8. The van der Waals surface area contributed by atoms with Gasteiger partial charge < -0.3 is 14.6 Å². The van der Waals surface area contributed by atoms with E-state index in [4.69, 9.17) is 9.47 Å². The summed E-state index contributed by atoms with van der Waals surface area (Å²) in [7, 11) is 2.96. The molecule has 0 saturated carbocycles. The van der Waals surface area contributed by atoms with E-state index in [-0.39, 0.29) is 5.88 Å². The smallest absolute Gasteiger partial charge is 0.241 e. The summed E-state index contributed by atoms with van der Waals surface area (Å²) in [5.41, 5.74) is 1.92. The molecule has 1 N–H and O–H groups in total. The van der Waals surface area contributed by atoms with Crippen molar-refractivity contribution in [2.45, 2.75) is 13.0 Å². The predicted octanol–water partition coefficient (Wildman–Crippen LogP) is 1.28. The molecule has 0 aliphatic rings. The maximum atomic E-state index is 10.3. The molecule has 0 amide bonds. The van der Waals surface area contributed by atoms with Gasteiger partial charge in [-0.1, -0.05) is 6.07 Å². The molecule has 0 radical (unpaired) electrons. The second-order valence-corrected chi connectivity index (χ2v) is 4.01. The van der Waals surface area contributed by atoms with Gasteiger partial charge in [0.15, 0.2) is 0 Å². The van der Waals surface area contributed by atoms with Gasteiger partial charge in [0.25, 0.3) is 0 Å². The van der Waals surface area contributed by atoms with E-state index in [1.165, 1.54) is 20.4 Å². The summed E-state index contributed by atoms with van der Waals surface area (Å²) in [6.45, 7) is 1.90.